The lowest BCUT2D eigenvalue weighted by Crippen LogP contribution is -2.06. The van der Waals surface area contributed by atoms with Crippen LogP contribution in [0.5, 0.6) is 11.6 Å². The Morgan fingerprint density at radius 3 is 2.80 bits per heavy atom. The molecule has 0 saturated heterocycles. The predicted octanol–water partition coefficient (Wildman–Crippen LogP) is 4.20. The van der Waals surface area contributed by atoms with Crippen molar-refractivity contribution in [2.75, 3.05) is 7.05 Å². The summed E-state index contributed by atoms with van der Waals surface area (Å²) in [7, 11) is 1.93. The number of aryl methyl sites for hydroxylation is 1. The van der Waals surface area contributed by atoms with Crippen LogP contribution in [-0.2, 0) is 13.0 Å². The van der Waals surface area contributed by atoms with E-state index in [2.05, 4.69) is 23.3 Å². The Hall–Kier alpha value is -1.58. The molecular formula is C16H19ClN2O. The largest absolute Gasteiger partial charge is 0.439 e. The van der Waals surface area contributed by atoms with Gasteiger partial charge in [-0.15, -0.1) is 0 Å². The van der Waals surface area contributed by atoms with Crippen molar-refractivity contribution in [1.29, 1.82) is 0 Å². The summed E-state index contributed by atoms with van der Waals surface area (Å²) < 4.78 is 5.81. The van der Waals surface area contributed by atoms with E-state index in [-0.39, 0.29) is 0 Å². The van der Waals surface area contributed by atoms with Crippen LogP contribution in [0.2, 0.25) is 5.02 Å². The second kappa shape index (κ2) is 7.27. The fourth-order valence-corrected chi connectivity index (χ4v) is 2.19. The van der Waals surface area contributed by atoms with Crippen LogP contribution in [0.1, 0.15) is 24.6 Å². The van der Waals surface area contributed by atoms with Crippen LogP contribution in [0.25, 0.3) is 0 Å². The lowest BCUT2D eigenvalue weighted by Gasteiger charge is -2.10. The van der Waals surface area contributed by atoms with Crippen molar-refractivity contribution in [2.24, 2.45) is 0 Å². The Balaban J connectivity index is 2.25. The maximum Gasteiger partial charge on any atom is 0.219 e. The van der Waals surface area contributed by atoms with E-state index in [4.69, 9.17) is 16.3 Å². The van der Waals surface area contributed by atoms with Crippen molar-refractivity contribution in [3.63, 3.8) is 0 Å². The quantitative estimate of drug-likeness (QED) is 0.866. The van der Waals surface area contributed by atoms with Crippen LogP contribution >= 0.6 is 11.6 Å². The fourth-order valence-electron chi connectivity index (χ4n) is 2.01. The highest BCUT2D eigenvalue weighted by molar-refractivity contribution is 6.30. The van der Waals surface area contributed by atoms with Gasteiger partial charge >= 0.3 is 0 Å². The minimum absolute atomic E-state index is 0.614. The third-order valence-corrected chi connectivity index (χ3v) is 3.06. The molecule has 1 heterocycles. The molecule has 0 aliphatic rings. The standard InChI is InChI=1S/C16H19ClN2O/c1-3-5-14-8-12(11-18-2)9-16(19-14)20-15-7-4-6-13(17)10-15/h4,6-10,18H,3,5,11H2,1-2H3. The summed E-state index contributed by atoms with van der Waals surface area (Å²) in [5.41, 5.74) is 2.22. The highest BCUT2D eigenvalue weighted by Crippen LogP contribution is 2.24. The van der Waals surface area contributed by atoms with E-state index < -0.39 is 0 Å². The minimum Gasteiger partial charge on any atom is -0.439 e. The van der Waals surface area contributed by atoms with Gasteiger partial charge in [0.25, 0.3) is 0 Å². The molecule has 2 rings (SSSR count). The van der Waals surface area contributed by atoms with E-state index in [0.29, 0.717) is 16.7 Å². The first-order chi connectivity index (χ1) is 9.71. The Labute approximate surface area is 124 Å². The lowest BCUT2D eigenvalue weighted by molar-refractivity contribution is 0.459. The first-order valence-corrected chi connectivity index (χ1v) is 7.17. The van der Waals surface area contributed by atoms with Gasteiger partial charge in [-0.2, -0.15) is 0 Å². The van der Waals surface area contributed by atoms with Crippen molar-refractivity contribution in [2.45, 2.75) is 26.3 Å². The zero-order valence-electron chi connectivity index (χ0n) is 11.8. The Morgan fingerprint density at radius 1 is 1.25 bits per heavy atom. The van der Waals surface area contributed by atoms with E-state index in [1.54, 1.807) is 6.07 Å². The molecule has 20 heavy (non-hydrogen) atoms. The lowest BCUT2D eigenvalue weighted by atomic mass is 10.1. The van der Waals surface area contributed by atoms with Crippen molar-refractivity contribution in [3.05, 3.63) is 52.7 Å². The summed E-state index contributed by atoms with van der Waals surface area (Å²) >= 11 is 5.96. The van der Waals surface area contributed by atoms with E-state index in [1.165, 1.54) is 5.56 Å². The van der Waals surface area contributed by atoms with Crippen LogP contribution in [0.15, 0.2) is 36.4 Å². The molecule has 0 unspecified atom stereocenters. The second-order valence-electron chi connectivity index (χ2n) is 4.64. The van der Waals surface area contributed by atoms with Crippen molar-refractivity contribution in [3.8, 4) is 11.6 Å². The van der Waals surface area contributed by atoms with E-state index in [1.807, 2.05) is 31.3 Å². The number of nitrogens with one attached hydrogen (secondary N) is 1. The summed E-state index contributed by atoms with van der Waals surface area (Å²) in [6.07, 6.45) is 2.01. The van der Waals surface area contributed by atoms with Crippen LogP contribution in [0.3, 0.4) is 0 Å². The summed E-state index contributed by atoms with van der Waals surface area (Å²) in [6, 6.07) is 11.4. The molecule has 0 aliphatic carbocycles. The van der Waals surface area contributed by atoms with Gasteiger partial charge < -0.3 is 10.1 Å². The molecular weight excluding hydrogens is 272 g/mol. The van der Waals surface area contributed by atoms with Crippen molar-refractivity contribution >= 4 is 11.6 Å². The van der Waals surface area contributed by atoms with Gasteiger partial charge in [0.15, 0.2) is 0 Å². The predicted molar refractivity (Wildman–Crippen MR) is 82.5 cm³/mol. The molecule has 4 heteroatoms. The number of pyridine rings is 1. The molecule has 1 N–H and O–H groups in total. The Kier molecular flexibility index (Phi) is 5.39. The van der Waals surface area contributed by atoms with E-state index in [9.17, 15) is 0 Å². The van der Waals surface area contributed by atoms with Gasteiger partial charge in [-0.1, -0.05) is 31.0 Å². The molecule has 0 aliphatic heterocycles. The average Bonchev–Trinajstić information content (AvgIpc) is 2.39. The molecule has 2 aromatic rings. The zero-order chi connectivity index (χ0) is 14.4. The first kappa shape index (κ1) is 14.8. The number of rotatable bonds is 6. The topological polar surface area (TPSA) is 34.1 Å². The number of benzene rings is 1. The molecule has 106 valence electrons. The Morgan fingerprint density at radius 2 is 2.10 bits per heavy atom. The van der Waals surface area contributed by atoms with Gasteiger partial charge in [0.1, 0.15) is 5.75 Å². The third kappa shape index (κ3) is 4.22. The molecule has 1 aromatic carbocycles. The van der Waals surface area contributed by atoms with Crippen LogP contribution in [0, 0.1) is 0 Å². The second-order valence-corrected chi connectivity index (χ2v) is 5.08. The van der Waals surface area contributed by atoms with Gasteiger partial charge in [-0.25, -0.2) is 4.98 Å². The summed E-state index contributed by atoms with van der Waals surface area (Å²) in [6.45, 7) is 2.94. The van der Waals surface area contributed by atoms with Gasteiger partial charge in [0.05, 0.1) is 0 Å². The molecule has 0 fully saturated rings. The third-order valence-electron chi connectivity index (χ3n) is 2.82. The first-order valence-electron chi connectivity index (χ1n) is 6.79. The number of ether oxygens (including phenoxy) is 1. The average molecular weight is 291 g/mol. The molecule has 0 atom stereocenters. The summed E-state index contributed by atoms with van der Waals surface area (Å²) in [5, 5.41) is 3.80. The smallest absolute Gasteiger partial charge is 0.219 e. The molecule has 3 nitrogen and oxygen atoms in total. The zero-order valence-corrected chi connectivity index (χ0v) is 12.6. The monoisotopic (exact) mass is 290 g/mol. The van der Waals surface area contributed by atoms with Crippen LogP contribution in [-0.4, -0.2) is 12.0 Å². The van der Waals surface area contributed by atoms with Gasteiger partial charge in [-0.05, 0) is 43.3 Å². The highest BCUT2D eigenvalue weighted by Gasteiger charge is 2.05. The normalized spacial score (nSPS) is 10.6. The minimum atomic E-state index is 0.614. The maximum absolute atomic E-state index is 5.96. The van der Waals surface area contributed by atoms with Crippen LogP contribution < -0.4 is 10.1 Å². The summed E-state index contributed by atoms with van der Waals surface area (Å²) in [5.74, 6) is 1.32. The number of halogens is 1. The van der Waals surface area contributed by atoms with Crippen molar-refractivity contribution < 1.29 is 4.74 Å². The van der Waals surface area contributed by atoms with E-state index in [0.717, 1.165) is 25.1 Å². The SMILES string of the molecule is CCCc1cc(CNC)cc(Oc2cccc(Cl)c2)n1. The maximum atomic E-state index is 5.96. The number of hydrogen-bond donors (Lipinski definition) is 1. The van der Waals surface area contributed by atoms with Gasteiger partial charge in [0, 0.05) is 23.3 Å². The molecule has 0 saturated carbocycles. The van der Waals surface area contributed by atoms with Gasteiger partial charge in [0.2, 0.25) is 5.88 Å². The van der Waals surface area contributed by atoms with Crippen LogP contribution in [0.4, 0.5) is 0 Å². The number of hydrogen-bond acceptors (Lipinski definition) is 3. The molecule has 0 amide bonds. The summed E-state index contributed by atoms with van der Waals surface area (Å²) in [4.78, 5) is 4.54. The molecule has 0 spiro atoms. The molecule has 1 aromatic heterocycles. The van der Waals surface area contributed by atoms with E-state index >= 15 is 0 Å². The molecule has 0 radical (unpaired) electrons. The van der Waals surface area contributed by atoms with Gasteiger partial charge in [-0.3, -0.25) is 0 Å². The van der Waals surface area contributed by atoms with Crippen molar-refractivity contribution in [1.82, 2.24) is 10.3 Å². The Bertz CT molecular complexity index is 548. The molecule has 0 bridgehead atoms. The number of nitrogens with zero attached hydrogens (tertiary/aromatic N) is 1. The highest BCUT2D eigenvalue weighted by atomic mass is 35.5. The number of aromatic nitrogens is 1. The fraction of sp³-hybridized carbons (Fsp3) is 0.312.